The molecule has 4 aliphatic rings. The summed E-state index contributed by atoms with van der Waals surface area (Å²) in [6.07, 6.45) is 3.64. The topological polar surface area (TPSA) is 78.4 Å². The number of fused-ring (bicyclic) bond motifs is 5. The number of quaternary nitrogens is 2. The van der Waals surface area contributed by atoms with Crippen molar-refractivity contribution >= 4 is 11.6 Å². The highest BCUT2D eigenvalue weighted by atomic mass is 16.7. The van der Waals surface area contributed by atoms with Gasteiger partial charge >= 0.3 is 0 Å². The van der Waals surface area contributed by atoms with Crippen molar-refractivity contribution in [2.45, 2.75) is 37.8 Å². The lowest BCUT2D eigenvalue weighted by atomic mass is 9.81. The van der Waals surface area contributed by atoms with Crippen molar-refractivity contribution in [3.8, 4) is 11.5 Å². The molecule has 2 fully saturated rings. The number of nitrogens with one attached hydrogen (secondary N) is 3. The third-order valence-electron chi connectivity index (χ3n) is 8.03. The van der Waals surface area contributed by atoms with E-state index in [4.69, 9.17) is 9.47 Å². The van der Waals surface area contributed by atoms with Crippen LogP contribution in [-0.4, -0.2) is 56.5 Å². The van der Waals surface area contributed by atoms with Gasteiger partial charge in [-0.15, -0.1) is 0 Å². The molecular weight excluding hydrogens is 420 g/mol. The standard InChI is InChI=1S/C25H30N4O4/c1-27-8-6-19(7-9-27)28-12-16-10-18(14-28)24-20(3-5-23(30)29(24)13-16)26-25(31)17-2-4-21-22(11-17)33-15-32-21/h2-5,11,16,18-19H,6-10,12-15H2,1H3,(H,26,31)/p+2/t16-,18+/m0/s1. The van der Waals surface area contributed by atoms with E-state index in [2.05, 4.69) is 12.4 Å². The molecule has 1 unspecified atom stereocenters. The minimum Gasteiger partial charge on any atom is -0.454 e. The predicted octanol–water partition coefficient (Wildman–Crippen LogP) is -0.492. The Balaban J connectivity index is 1.27. The number of ether oxygens (including phenoxy) is 2. The molecule has 2 saturated heterocycles. The van der Waals surface area contributed by atoms with Gasteiger partial charge < -0.3 is 29.2 Å². The maximum Gasteiger partial charge on any atom is 0.255 e. The van der Waals surface area contributed by atoms with E-state index in [1.165, 1.54) is 25.9 Å². The predicted molar refractivity (Wildman–Crippen MR) is 122 cm³/mol. The Bertz CT molecular complexity index is 1140. The fourth-order valence-electron chi connectivity index (χ4n) is 6.36. The molecular formula is C25H32N4O4+2. The van der Waals surface area contributed by atoms with Gasteiger partial charge in [0.15, 0.2) is 11.5 Å². The van der Waals surface area contributed by atoms with Gasteiger partial charge in [0.25, 0.3) is 11.5 Å². The first-order chi connectivity index (χ1) is 16.0. The Morgan fingerprint density at radius 1 is 1.09 bits per heavy atom. The molecule has 2 bridgehead atoms. The molecule has 3 atom stereocenters. The number of anilines is 1. The van der Waals surface area contributed by atoms with Crippen molar-refractivity contribution in [3.05, 3.63) is 51.9 Å². The van der Waals surface area contributed by atoms with E-state index in [1.807, 2.05) is 4.57 Å². The number of carbonyl (C=O) groups excluding carboxylic acids is 1. The zero-order valence-electron chi connectivity index (χ0n) is 19.1. The minimum atomic E-state index is -0.199. The first kappa shape index (κ1) is 20.7. The number of amides is 1. The molecule has 1 aromatic heterocycles. The third kappa shape index (κ3) is 3.81. The van der Waals surface area contributed by atoms with Gasteiger partial charge in [-0.25, -0.2) is 0 Å². The quantitative estimate of drug-likeness (QED) is 0.587. The summed E-state index contributed by atoms with van der Waals surface area (Å²) in [5.41, 5.74) is 2.31. The Labute approximate surface area is 193 Å². The lowest BCUT2D eigenvalue weighted by Crippen LogP contribution is -3.21. The van der Waals surface area contributed by atoms with Crippen molar-refractivity contribution < 1.29 is 24.1 Å². The average molecular weight is 453 g/mol. The number of rotatable bonds is 3. The number of piperidine rings is 2. The summed E-state index contributed by atoms with van der Waals surface area (Å²) in [7, 11) is 2.29. The number of carbonyl (C=O) groups is 1. The SMILES string of the molecule is C[NH+]1CCC([NH+]2C[C@@H]3C[C@H](C2)c2c(NC(=O)c4ccc5c(c4)OCO5)ccc(=O)n2C3)CC1. The molecule has 4 aliphatic heterocycles. The molecule has 3 N–H and O–H groups in total. The Morgan fingerprint density at radius 3 is 2.76 bits per heavy atom. The number of nitrogens with zero attached hydrogens (tertiary/aromatic N) is 1. The summed E-state index contributed by atoms with van der Waals surface area (Å²) in [4.78, 5) is 29.2. The minimum absolute atomic E-state index is 0.0344. The zero-order chi connectivity index (χ0) is 22.5. The fraction of sp³-hybridized carbons (Fsp3) is 0.520. The Morgan fingerprint density at radius 2 is 1.91 bits per heavy atom. The van der Waals surface area contributed by atoms with Crippen LogP contribution in [-0.2, 0) is 6.54 Å². The van der Waals surface area contributed by atoms with Gasteiger partial charge in [-0.05, 0) is 30.7 Å². The summed E-state index contributed by atoms with van der Waals surface area (Å²) in [6, 6.07) is 9.31. The second-order valence-electron chi connectivity index (χ2n) is 10.2. The van der Waals surface area contributed by atoms with Gasteiger partial charge in [-0.2, -0.15) is 0 Å². The van der Waals surface area contributed by atoms with Crippen LogP contribution in [0.2, 0.25) is 0 Å². The second-order valence-corrected chi connectivity index (χ2v) is 10.2. The van der Waals surface area contributed by atoms with Crippen LogP contribution in [0.1, 0.15) is 41.2 Å². The molecule has 5 heterocycles. The number of benzene rings is 1. The van der Waals surface area contributed by atoms with Gasteiger partial charge in [0, 0.05) is 36.9 Å². The lowest BCUT2D eigenvalue weighted by molar-refractivity contribution is -0.959. The Kier molecular flexibility index (Phi) is 5.14. The largest absolute Gasteiger partial charge is 0.454 e. The fourth-order valence-corrected chi connectivity index (χ4v) is 6.36. The maximum absolute atomic E-state index is 13.1. The van der Waals surface area contributed by atoms with E-state index < -0.39 is 0 Å². The second kappa shape index (κ2) is 8.18. The van der Waals surface area contributed by atoms with E-state index in [-0.39, 0.29) is 18.3 Å². The van der Waals surface area contributed by atoms with Crippen molar-refractivity contribution in [1.82, 2.24) is 4.57 Å². The van der Waals surface area contributed by atoms with Crippen LogP contribution in [0.15, 0.2) is 35.1 Å². The molecule has 0 saturated carbocycles. The van der Waals surface area contributed by atoms with E-state index in [9.17, 15) is 9.59 Å². The molecule has 0 radical (unpaired) electrons. The third-order valence-corrected chi connectivity index (χ3v) is 8.03. The molecule has 0 spiro atoms. The van der Waals surface area contributed by atoms with Crippen molar-refractivity contribution in [2.75, 3.05) is 45.3 Å². The van der Waals surface area contributed by atoms with Crippen molar-refractivity contribution in [1.29, 1.82) is 0 Å². The molecule has 33 heavy (non-hydrogen) atoms. The normalized spacial score (nSPS) is 29.9. The molecule has 1 amide bonds. The highest BCUT2D eigenvalue weighted by molar-refractivity contribution is 6.05. The monoisotopic (exact) mass is 452 g/mol. The summed E-state index contributed by atoms with van der Waals surface area (Å²) < 4.78 is 12.7. The molecule has 174 valence electrons. The van der Waals surface area contributed by atoms with E-state index >= 15 is 0 Å². The number of pyridine rings is 1. The number of likely N-dealkylation sites (tertiary alicyclic amines) is 2. The molecule has 8 nitrogen and oxygen atoms in total. The van der Waals surface area contributed by atoms with Crippen LogP contribution < -0.4 is 30.1 Å². The summed E-state index contributed by atoms with van der Waals surface area (Å²) in [5.74, 6) is 1.86. The summed E-state index contributed by atoms with van der Waals surface area (Å²) >= 11 is 0. The molecule has 0 aliphatic carbocycles. The summed E-state index contributed by atoms with van der Waals surface area (Å²) in [5, 5.41) is 3.10. The maximum atomic E-state index is 13.1. The highest BCUT2D eigenvalue weighted by Gasteiger charge is 2.42. The first-order valence-corrected chi connectivity index (χ1v) is 12.2. The average Bonchev–Trinajstić information content (AvgIpc) is 3.29. The van der Waals surface area contributed by atoms with Crippen molar-refractivity contribution in [2.24, 2.45) is 5.92 Å². The molecule has 1 aromatic carbocycles. The van der Waals surface area contributed by atoms with Crippen LogP contribution >= 0.6 is 0 Å². The van der Waals surface area contributed by atoms with Crippen LogP contribution in [0.4, 0.5) is 5.69 Å². The van der Waals surface area contributed by atoms with E-state index in [0.717, 1.165) is 37.4 Å². The van der Waals surface area contributed by atoms with Crippen LogP contribution in [0.3, 0.4) is 0 Å². The molecule has 6 rings (SSSR count). The van der Waals surface area contributed by atoms with E-state index in [1.54, 1.807) is 40.1 Å². The molecule has 2 aromatic rings. The van der Waals surface area contributed by atoms with Gasteiger partial charge in [-0.1, -0.05) is 0 Å². The van der Waals surface area contributed by atoms with Gasteiger partial charge in [0.1, 0.15) is 0 Å². The van der Waals surface area contributed by atoms with Gasteiger partial charge in [-0.3, -0.25) is 9.59 Å². The van der Waals surface area contributed by atoms with E-state index in [0.29, 0.717) is 34.9 Å². The lowest BCUT2D eigenvalue weighted by Gasteiger charge is -2.44. The number of aromatic nitrogens is 1. The summed E-state index contributed by atoms with van der Waals surface area (Å²) in [6.45, 7) is 5.61. The molecule has 8 heteroatoms. The van der Waals surface area contributed by atoms with Crippen LogP contribution in [0.5, 0.6) is 11.5 Å². The van der Waals surface area contributed by atoms with Crippen molar-refractivity contribution in [3.63, 3.8) is 0 Å². The number of hydrogen-bond donors (Lipinski definition) is 3. The first-order valence-electron chi connectivity index (χ1n) is 12.2. The van der Waals surface area contributed by atoms with Crippen LogP contribution in [0, 0.1) is 5.92 Å². The van der Waals surface area contributed by atoms with Crippen LogP contribution in [0.25, 0.3) is 0 Å². The van der Waals surface area contributed by atoms with Gasteiger partial charge in [0.2, 0.25) is 6.79 Å². The zero-order valence-corrected chi connectivity index (χ0v) is 19.1. The number of hydrogen-bond acceptors (Lipinski definition) is 4. The Hall–Kier alpha value is -2.84. The smallest absolute Gasteiger partial charge is 0.255 e. The highest BCUT2D eigenvalue weighted by Crippen LogP contribution is 2.36. The van der Waals surface area contributed by atoms with Gasteiger partial charge in [0.05, 0.1) is 56.6 Å².